The van der Waals surface area contributed by atoms with Crippen LogP contribution in [-0.2, 0) is 9.59 Å². The van der Waals surface area contributed by atoms with Gasteiger partial charge in [-0.2, -0.15) is 0 Å². The van der Waals surface area contributed by atoms with E-state index in [0.717, 1.165) is 4.90 Å². The predicted molar refractivity (Wildman–Crippen MR) is 99.3 cm³/mol. The topological polar surface area (TPSA) is 101 Å². The van der Waals surface area contributed by atoms with Crippen molar-refractivity contribution in [1.29, 1.82) is 0 Å². The van der Waals surface area contributed by atoms with E-state index in [1.54, 1.807) is 18.2 Å². The molecule has 1 atom stereocenters. The van der Waals surface area contributed by atoms with Gasteiger partial charge in [0, 0.05) is 5.54 Å². The number of likely N-dealkylation sites (N-methyl/N-ethyl adjacent to an activating group) is 1. The minimum Gasteiger partial charge on any atom is -0.495 e. The molecule has 26 heavy (non-hydrogen) atoms. The number of ether oxygens (including phenoxy) is 1. The number of amides is 4. The highest BCUT2D eigenvalue weighted by Gasteiger charge is 2.20. The Hall–Kier alpha value is -2.61. The second-order valence-electron chi connectivity index (χ2n) is 6.96. The minimum absolute atomic E-state index is 0.0212. The second-order valence-corrected chi connectivity index (χ2v) is 6.96. The van der Waals surface area contributed by atoms with E-state index in [1.165, 1.54) is 7.11 Å². The number of rotatable bonds is 7. The number of para-hydroxylation sites is 2. The number of imide groups is 1. The Bertz CT molecular complexity index is 640. The molecule has 0 radical (unpaired) electrons. The molecule has 0 fully saturated rings. The summed E-state index contributed by atoms with van der Waals surface area (Å²) >= 11 is 0. The molecule has 0 aromatic heterocycles. The molecule has 0 saturated carbocycles. The van der Waals surface area contributed by atoms with E-state index in [-0.39, 0.29) is 19.0 Å². The van der Waals surface area contributed by atoms with Gasteiger partial charge in [-0.1, -0.05) is 12.1 Å². The van der Waals surface area contributed by atoms with Crippen molar-refractivity contribution in [3.05, 3.63) is 24.3 Å². The molecule has 144 valence electrons. The molecule has 4 amide bonds. The van der Waals surface area contributed by atoms with E-state index in [1.807, 2.05) is 33.8 Å². The van der Waals surface area contributed by atoms with Crippen LogP contribution in [0.2, 0.25) is 0 Å². The van der Waals surface area contributed by atoms with Crippen molar-refractivity contribution in [2.45, 2.75) is 33.2 Å². The lowest BCUT2D eigenvalue weighted by Crippen LogP contribution is -3.14. The number of anilines is 1. The first-order valence-corrected chi connectivity index (χ1v) is 8.53. The van der Waals surface area contributed by atoms with Gasteiger partial charge in [0.2, 0.25) is 0 Å². The molecule has 4 N–H and O–H groups in total. The maximum absolute atomic E-state index is 12.2. The molecule has 0 aliphatic carbocycles. The Kier molecular flexibility index (Phi) is 8.05. The Morgan fingerprint density at radius 1 is 1.08 bits per heavy atom. The zero-order valence-corrected chi connectivity index (χ0v) is 16.1. The fourth-order valence-electron chi connectivity index (χ4n) is 2.25. The van der Waals surface area contributed by atoms with Crippen LogP contribution in [-0.4, -0.2) is 50.1 Å². The van der Waals surface area contributed by atoms with Gasteiger partial charge < -0.3 is 20.3 Å². The van der Waals surface area contributed by atoms with Crippen LogP contribution >= 0.6 is 0 Å². The van der Waals surface area contributed by atoms with Crippen LogP contribution in [0.15, 0.2) is 24.3 Å². The molecule has 0 saturated heterocycles. The quantitative estimate of drug-likeness (QED) is 0.553. The zero-order valence-electron chi connectivity index (χ0n) is 16.1. The number of urea groups is 1. The lowest BCUT2D eigenvalue weighted by molar-refractivity contribution is -0.881. The number of methoxy groups -OCH3 is 1. The van der Waals surface area contributed by atoms with Gasteiger partial charge in [0.05, 0.1) is 19.3 Å². The number of carbonyl (C=O) groups excluding carboxylic acids is 3. The summed E-state index contributed by atoms with van der Waals surface area (Å²) in [4.78, 5) is 36.7. The molecular weight excluding hydrogens is 336 g/mol. The van der Waals surface area contributed by atoms with Gasteiger partial charge in [0.1, 0.15) is 5.75 Å². The standard InChI is InChI=1S/C18H28N4O4/c1-6-22(12-16(24)20-17(25)21-18(2,3)4)11-15(23)19-13-9-7-8-10-14(13)26-5/h7-10H,6,11-12H2,1-5H3,(H,19,23)(H2,20,21,24,25)/p+1. The van der Waals surface area contributed by atoms with Crippen LogP contribution in [0.1, 0.15) is 27.7 Å². The van der Waals surface area contributed by atoms with Gasteiger partial charge >= 0.3 is 6.03 Å². The monoisotopic (exact) mass is 365 g/mol. The van der Waals surface area contributed by atoms with E-state index >= 15 is 0 Å². The summed E-state index contributed by atoms with van der Waals surface area (Å²) in [7, 11) is 1.53. The lowest BCUT2D eigenvalue weighted by atomic mass is 10.1. The number of carbonyl (C=O) groups is 3. The normalized spacial score (nSPS) is 12.0. The van der Waals surface area contributed by atoms with Crippen molar-refractivity contribution in [2.24, 2.45) is 0 Å². The maximum Gasteiger partial charge on any atom is 0.322 e. The summed E-state index contributed by atoms with van der Waals surface area (Å²) in [6, 6.07) is 6.55. The Morgan fingerprint density at radius 3 is 2.27 bits per heavy atom. The first-order valence-electron chi connectivity index (χ1n) is 8.53. The molecule has 8 heteroatoms. The highest BCUT2D eigenvalue weighted by atomic mass is 16.5. The number of nitrogens with one attached hydrogen (secondary N) is 4. The minimum atomic E-state index is -0.545. The SMILES string of the molecule is CC[NH+](CC(=O)NC(=O)NC(C)(C)C)CC(=O)Nc1ccccc1OC. The zero-order chi connectivity index (χ0) is 19.7. The molecule has 0 heterocycles. The number of hydrogen-bond acceptors (Lipinski definition) is 4. The van der Waals surface area contributed by atoms with Crippen molar-refractivity contribution < 1.29 is 24.0 Å². The first kappa shape index (κ1) is 21.4. The summed E-state index contributed by atoms with van der Waals surface area (Å²) < 4.78 is 5.20. The smallest absolute Gasteiger partial charge is 0.322 e. The van der Waals surface area contributed by atoms with E-state index in [4.69, 9.17) is 4.74 Å². The fourth-order valence-corrected chi connectivity index (χ4v) is 2.25. The predicted octanol–water partition coefficient (Wildman–Crippen LogP) is 0.163. The third-order valence-electron chi connectivity index (χ3n) is 3.44. The highest BCUT2D eigenvalue weighted by molar-refractivity contribution is 5.95. The summed E-state index contributed by atoms with van der Waals surface area (Å²) in [5, 5.41) is 7.71. The fraction of sp³-hybridized carbons (Fsp3) is 0.500. The van der Waals surface area contributed by atoms with Crippen molar-refractivity contribution in [3.63, 3.8) is 0 Å². The van der Waals surface area contributed by atoms with Gasteiger partial charge in [-0.3, -0.25) is 14.9 Å². The van der Waals surface area contributed by atoms with Gasteiger partial charge in [0.25, 0.3) is 11.8 Å². The summed E-state index contributed by atoms with van der Waals surface area (Å²) in [6.07, 6.45) is 0. The molecule has 0 spiro atoms. The van der Waals surface area contributed by atoms with E-state index in [0.29, 0.717) is 18.0 Å². The second kappa shape index (κ2) is 9.76. The van der Waals surface area contributed by atoms with Gasteiger partial charge in [-0.15, -0.1) is 0 Å². The molecule has 1 aromatic carbocycles. The van der Waals surface area contributed by atoms with Crippen molar-refractivity contribution >= 4 is 23.5 Å². The van der Waals surface area contributed by atoms with Crippen LogP contribution in [0.4, 0.5) is 10.5 Å². The average molecular weight is 365 g/mol. The van der Waals surface area contributed by atoms with Crippen molar-refractivity contribution in [3.8, 4) is 5.75 Å². The highest BCUT2D eigenvalue weighted by Crippen LogP contribution is 2.22. The third kappa shape index (κ3) is 7.98. The number of hydrogen-bond donors (Lipinski definition) is 4. The van der Waals surface area contributed by atoms with Gasteiger partial charge in [0.15, 0.2) is 13.1 Å². The van der Waals surface area contributed by atoms with Crippen molar-refractivity contribution in [2.75, 3.05) is 32.1 Å². The van der Waals surface area contributed by atoms with E-state index < -0.39 is 17.5 Å². The van der Waals surface area contributed by atoms with Crippen LogP contribution in [0, 0.1) is 0 Å². The lowest BCUT2D eigenvalue weighted by Gasteiger charge is -2.21. The molecule has 1 aromatic rings. The average Bonchev–Trinajstić information content (AvgIpc) is 2.52. The molecule has 1 unspecified atom stereocenters. The molecule has 1 rings (SSSR count). The van der Waals surface area contributed by atoms with Crippen LogP contribution in [0.5, 0.6) is 5.75 Å². The Morgan fingerprint density at radius 2 is 1.69 bits per heavy atom. The molecule has 0 bridgehead atoms. The number of quaternary nitrogens is 1. The molecule has 0 aliphatic rings. The van der Waals surface area contributed by atoms with E-state index in [2.05, 4.69) is 16.0 Å². The molecule has 0 aliphatic heterocycles. The van der Waals surface area contributed by atoms with Gasteiger partial charge in [-0.05, 0) is 39.8 Å². The largest absolute Gasteiger partial charge is 0.495 e. The van der Waals surface area contributed by atoms with Gasteiger partial charge in [-0.25, -0.2) is 4.79 Å². The molecule has 8 nitrogen and oxygen atoms in total. The maximum atomic E-state index is 12.2. The molecular formula is C18H29N4O4+. The van der Waals surface area contributed by atoms with Crippen LogP contribution in [0.25, 0.3) is 0 Å². The van der Waals surface area contributed by atoms with E-state index in [9.17, 15) is 14.4 Å². The van der Waals surface area contributed by atoms with Crippen molar-refractivity contribution in [1.82, 2.24) is 10.6 Å². The van der Waals surface area contributed by atoms with Crippen LogP contribution < -0.4 is 25.6 Å². The Balaban J connectivity index is 2.54. The third-order valence-corrected chi connectivity index (χ3v) is 3.44. The van der Waals surface area contributed by atoms with Crippen LogP contribution in [0.3, 0.4) is 0 Å². The first-order chi connectivity index (χ1) is 12.1. The summed E-state index contributed by atoms with van der Waals surface area (Å²) in [5.41, 5.74) is 0.139. The Labute approximate surface area is 154 Å². The number of benzene rings is 1. The summed E-state index contributed by atoms with van der Waals surface area (Å²) in [6.45, 7) is 8.02. The summed E-state index contributed by atoms with van der Waals surface area (Å²) in [5.74, 6) is -0.109.